The topological polar surface area (TPSA) is 0 Å². The highest BCUT2D eigenvalue weighted by Gasteiger charge is 2.00. The third-order valence-electron chi connectivity index (χ3n) is 2.88. The molecule has 0 aliphatic carbocycles. The van der Waals surface area contributed by atoms with Gasteiger partial charge in [-0.25, -0.2) is 0 Å². The predicted molar refractivity (Wildman–Crippen MR) is 69.1 cm³/mol. The molecule has 74 valence electrons. The zero-order valence-corrected chi connectivity index (χ0v) is 8.77. The molecule has 0 unspecified atom stereocenters. The summed E-state index contributed by atoms with van der Waals surface area (Å²) in [6, 6.07) is 19.8. The van der Waals surface area contributed by atoms with Gasteiger partial charge in [-0.3, -0.25) is 0 Å². The first-order chi connectivity index (χ1) is 7.88. The van der Waals surface area contributed by atoms with Crippen molar-refractivity contribution in [3.8, 4) is 0 Å². The molecule has 16 heavy (non-hydrogen) atoms. The van der Waals surface area contributed by atoms with Gasteiger partial charge in [0, 0.05) is 0 Å². The van der Waals surface area contributed by atoms with E-state index in [2.05, 4.69) is 30.3 Å². The Kier molecular flexibility index (Phi) is 2.00. The summed E-state index contributed by atoms with van der Waals surface area (Å²) in [5.41, 5.74) is 1.06. The summed E-state index contributed by atoms with van der Waals surface area (Å²) in [4.78, 5) is 0. The summed E-state index contributed by atoms with van der Waals surface area (Å²) in [6.45, 7) is 5.62. The van der Waals surface area contributed by atoms with E-state index in [1.165, 1.54) is 10.8 Å². The molecule has 0 bridgehead atoms. The fourth-order valence-corrected chi connectivity index (χ4v) is 2.05. The van der Waals surface area contributed by atoms with Gasteiger partial charge in [-0.2, -0.15) is 0 Å². The Labute approximate surface area is 94.8 Å². The molecule has 0 fully saturated rings. The maximum atomic E-state index is 5.62. The van der Waals surface area contributed by atoms with Crippen molar-refractivity contribution >= 4 is 27.6 Å². The summed E-state index contributed by atoms with van der Waals surface area (Å²) in [6.07, 6.45) is 1.64. The van der Waals surface area contributed by atoms with E-state index in [4.69, 9.17) is 6.58 Å². The summed E-state index contributed by atoms with van der Waals surface area (Å²) >= 11 is 0. The van der Waals surface area contributed by atoms with Crippen LogP contribution in [0.3, 0.4) is 0 Å². The van der Waals surface area contributed by atoms with Crippen molar-refractivity contribution in [3.05, 3.63) is 66.7 Å². The number of hydrogen-bond acceptors (Lipinski definition) is 0. The molecule has 3 rings (SSSR count). The van der Waals surface area contributed by atoms with E-state index in [9.17, 15) is 0 Å². The minimum absolute atomic E-state index is 1.06. The van der Waals surface area contributed by atoms with E-state index in [-0.39, 0.29) is 0 Å². The van der Waals surface area contributed by atoms with Crippen molar-refractivity contribution < 1.29 is 0 Å². The smallest absolute Gasteiger partial charge is 0.00928 e. The maximum absolute atomic E-state index is 5.62. The zero-order valence-electron chi connectivity index (χ0n) is 8.77. The Bertz CT molecular complexity index is 678. The molecular formula is C16H10. The molecule has 3 aromatic carbocycles. The second-order valence-corrected chi connectivity index (χ2v) is 3.84. The van der Waals surface area contributed by atoms with Crippen molar-refractivity contribution in [2.24, 2.45) is 0 Å². The molecule has 2 radical (unpaired) electrons. The molecule has 0 saturated heterocycles. The number of fused-ring (bicyclic) bond motifs is 2. The quantitative estimate of drug-likeness (QED) is 0.518. The Balaban J connectivity index is 2.51. The Morgan fingerprint density at radius 1 is 1.00 bits per heavy atom. The molecule has 0 heterocycles. The summed E-state index contributed by atoms with van der Waals surface area (Å²) in [5, 5.41) is 4.74. The van der Waals surface area contributed by atoms with Crippen molar-refractivity contribution in [1.29, 1.82) is 0 Å². The summed E-state index contributed by atoms with van der Waals surface area (Å²) < 4.78 is 0. The Morgan fingerprint density at radius 2 is 1.75 bits per heavy atom. The van der Waals surface area contributed by atoms with E-state index >= 15 is 0 Å². The van der Waals surface area contributed by atoms with Gasteiger partial charge in [-0.05, 0) is 45.3 Å². The lowest BCUT2D eigenvalue weighted by atomic mass is 10.00. The molecule has 0 N–H and O–H groups in total. The van der Waals surface area contributed by atoms with Crippen LogP contribution in [0.1, 0.15) is 5.56 Å². The van der Waals surface area contributed by atoms with Gasteiger partial charge in [0.15, 0.2) is 0 Å². The molecule has 0 aliphatic heterocycles. The molecule has 3 aromatic rings. The molecular weight excluding hydrogens is 192 g/mol. The molecule has 0 atom stereocenters. The van der Waals surface area contributed by atoms with Crippen LogP contribution in [0, 0.1) is 12.6 Å². The molecule has 0 spiro atoms. The molecule has 0 aliphatic rings. The molecule has 0 aromatic heterocycles. The van der Waals surface area contributed by atoms with E-state index in [0.717, 1.165) is 16.3 Å². The highest BCUT2D eigenvalue weighted by Crippen LogP contribution is 2.25. The number of rotatable bonds is 1. The van der Waals surface area contributed by atoms with Gasteiger partial charge < -0.3 is 0 Å². The van der Waals surface area contributed by atoms with Gasteiger partial charge in [0.1, 0.15) is 0 Å². The first kappa shape index (κ1) is 9.17. The lowest BCUT2D eigenvalue weighted by Gasteiger charge is -2.04. The first-order valence-corrected chi connectivity index (χ1v) is 5.26. The van der Waals surface area contributed by atoms with Crippen LogP contribution < -0.4 is 0 Å². The van der Waals surface area contributed by atoms with E-state index in [0.29, 0.717) is 0 Å². The van der Waals surface area contributed by atoms with Crippen LogP contribution in [0.2, 0.25) is 0 Å². The fourth-order valence-electron chi connectivity index (χ4n) is 2.05. The third kappa shape index (κ3) is 1.31. The normalized spacial score (nSPS) is 10.8. The Morgan fingerprint density at radius 3 is 2.50 bits per heavy atom. The second kappa shape index (κ2) is 3.49. The molecule has 0 heteroatoms. The highest BCUT2D eigenvalue weighted by atomic mass is 14.0. The first-order valence-electron chi connectivity index (χ1n) is 5.26. The van der Waals surface area contributed by atoms with E-state index in [1.54, 1.807) is 6.08 Å². The zero-order chi connectivity index (χ0) is 11.0. The van der Waals surface area contributed by atoms with Crippen LogP contribution in [0.25, 0.3) is 27.6 Å². The van der Waals surface area contributed by atoms with Crippen molar-refractivity contribution in [3.63, 3.8) is 0 Å². The largest absolute Gasteiger partial charge is 0.0616 e. The molecule has 0 saturated carbocycles. The monoisotopic (exact) mass is 202 g/mol. The Hall–Kier alpha value is -2.08. The van der Waals surface area contributed by atoms with Crippen LogP contribution in [0.4, 0.5) is 0 Å². The predicted octanol–water partition coefficient (Wildman–Crippen LogP) is 4.24. The number of hydrogen-bond donors (Lipinski definition) is 0. The maximum Gasteiger partial charge on any atom is -0.00928 e. The van der Waals surface area contributed by atoms with E-state index in [1.807, 2.05) is 24.3 Å². The summed E-state index contributed by atoms with van der Waals surface area (Å²) in [7, 11) is 0. The van der Waals surface area contributed by atoms with Crippen molar-refractivity contribution in [2.75, 3.05) is 0 Å². The van der Waals surface area contributed by atoms with Crippen molar-refractivity contribution in [1.82, 2.24) is 0 Å². The molecule has 0 nitrogen and oxygen atoms in total. The number of benzene rings is 3. The second-order valence-electron chi connectivity index (χ2n) is 3.84. The average Bonchev–Trinajstić information content (AvgIpc) is 2.35. The minimum atomic E-state index is 1.06. The van der Waals surface area contributed by atoms with Gasteiger partial charge in [-0.1, -0.05) is 49.1 Å². The van der Waals surface area contributed by atoms with Gasteiger partial charge in [0.25, 0.3) is 0 Å². The van der Waals surface area contributed by atoms with Crippen LogP contribution >= 0.6 is 0 Å². The van der Waals surface area contributed by atoms with Crippen molar-refractivity contribution in [2.45, 2.75) is 0 Å². The minimum Gasteiger partial charge on any atom is -0.0616 e. The lowest BCUT2D eigenvalue weighted by Crippen LogP contribution is -1.80. The van der Waals surface area contributed by atoms with Crippen LogP contribution in [0.15, 0.2) is 48.5 Å². The average molecular weight is 202 g/mol. The SMILES string of the molecule is [CH]=Cc1cc[c]c2cc3ccccc3cc12. The fraction of sp³-hybridized carbons (Fsp3) is 0. The standard InChI is InChI=1S/C16H10/c1-2-12-8-5-9-15-10-13-6-3-4-7-14(13)11-16(12)15/h1-8,10-11H. The van der Waals surface area contributed by atoms with Gasteiger partial charge in [0.2, 0.25) is 0 Å². The third-order valence-corrected chi connectivity index (χ3v) is 2.88. The lowest BCUT2D eigenvalue weighted by molar-refractivity contribution is 1.72. The van der Waals surface area contributed by atoms with Gasteiger partial charge >= 0.3 is 0 Å². The van der Waals surface area contributed by atoms with E-state index < -0.39 is 0 Å². The summed E-state index contributed by atoms with van der Waals surface area (Å²) in [5.74, 6) is 0. The van der Waals surface area contributed by atoms with Crippen LogP contribution in [-0.4, -0.2) is 0 Å². The van der Waals surface area contributed by atoms with Gasteiger partial charge in [0.05, 0.1) is 0 Å². The molecule has 0 amide bonds. The van der Waals surface area contributed by atoms with Crippen LogP contribution in [0.5, 0.6) is 0 Å². The highest BCUT2D eigenvalue weighted by molar-refractivity contribution is 6.01. The van der Waals surface area contributed by atoms with Crippen LogP contribution in [-0.2, 0) is 0 Å². The van der Waals surface area contributed by atoms with Gasteiger partial charge in [-0.15, -0.1) is 0 Å².